The lowest BCUT2D eigenvalue weighted by Gasteiger charge is -2.53. The third-order valence-corrected chi connectivity index (χ3v) is 8.79. The highest BCUT2D eigenvalue weighted by atomic mass is 79.9. The number of esters is 1. The lowest BCUT2D eigenvalue weighted by molar-refractivity contribution is -0.125. The fraction of sp³-hybridized carbons (Fsp3) is 0.323. The highest BCUT2D eigenvalue weighted by Gasteiger charge is 2.60. The number of hydrogen-bond donors (Lipinski definition) is 0. The van der Waals surface area contributed by atoms with E-state index < -0.39 is 5.41 Å². The van der Waals surface area contributed by atoms with Gasteiger partial charge in [-0.05, 0) is 92.6 Å². The Morgan fingerprint density at radius 3 is 2.48 bits per heavy atom. The van der Waals surface area contributed by atoms with E-state index in [1.54, 1.807) is 38.3 Å². The molecule has 8 nitrogen and oxygen atoms in total. The van der Waals surface area contributed by atoms with Crippen molar-refractivity contribution >= 4 is 50.6 Å². The van der Waals surface area contributed by atoms with Crippen LogP contribution in [0.25, 0.3) is 0 Å². The summed E-state index contributed by atoms with van der Waals surface area (Å²) < 4.78 is 11.5. The topological polar surface area (TPSA) is 74.7 Å². The van der Waals surface area contributed by atoms with Gasteiger partial charge in [0.05, 0.1) is 36.7 Å². The summed E-state index contributed by atoms with van der Waals surface area (Å²) in [5.74, 6) is 0.379. The fourth-order valence-electron chi connectivity index (χ4n) is 6.26. The number of hydrazone groups is 1. The predicted octanol–water partition coefficient (Wildman–Crippen LogP) is 5.29. The molecule has 206 valence electrons. The molecule has 0 N–H and O–H groups in total. The third-order valence-electron chi connectivity index (χ3n) is 8.30. The van der Waals surface area contributed by atoms with Crippen molar-refractivity contribution in [2.75, 3.05) is 48.2 Å². The van der Waals surface area contributed by atoms with Crippen molar-refractivity contribution in [1.82, 2.24) is 0 Å². The molecule has 1 fully saturated rings. The summed E-state index contributed by atoms with van der Waals surface area (Å²) in [5.41, 5.74) is 4.44. The molecule has 1 spiro atoms. The van der Waals surface area contributed by atoms with Gasteiger partial charge in [0, 0.05) is 35.5 Å². The Morgan fingerprint density at radius 1 is 1.05 bits per heavy atom. The van der Waals surface area contributed by atoms with Gasteiger partial charge in [0.25, 0.3) is 5.91 Å². The Labute approximate surface area is 242 Å². The van der Waals surface area contributed by atoms with Crippen molar-refractivity contribution in [2.24, 2.45) is 10.5 Å². The van der Waals surface area contributed by atoms with Gasteiger partial charge in [-0.2, -0.15) is 10.1 Å². The van der Waals surface area contributed by atoms with Gasteiger partial charge in [0.2, 0.25) is 0 Å². The van der Waals surface area contributed by atoms with Crippen molar-refractivity contribution in [3.05, 3.63) is 82.3 Å². The molecule has 3 aliphatic rings. The number of halogens is 1. The molecule has 0 saturated carbocycles. The Morgan fingerprint density at radius 2 is 1.77 bits per heavy atom. The first-order valence-electron chi connectivity index (χ1n) is 13.5. The second kappa shape index (κ2) is 10.3. The van der Waals surface area contributed by atoms with Gasteiger partial charge in [-0.15, -0.1) is 0 Å². The summed E-state index contributed by atoms with van der Waals surface area (Å²) in [4.78, 5) is 31.5. The van der Waals surface area contributed by atoms with Gasteiger partial charge in [-0.25, -0.2) is 4.79 Å². The first kappa shape index (κ1) is 26.4. The van der Waals surface area contributed by atoms with Gasteiger partial charge >= 0.3 is 5.97 Å². The minimum absolute atomic E-state index is 0.0499. The smallest absolute Gasteiger partial charge is 0.338 e. The van der Waals surface area contributed by atoms with Crippen molar-refractivity contribution in [2.45, 2.75) is 26.3 Å². The largest absolute Gasteiger partial charge is 0.497 e. The van der Waals surface area contributed by atoms with E-state index in [1.165, 1.54) is 10.7 Å². The van der Waals surface area contributed by atoms with Crippen LogP contribution in [0.2, 0.25) is 0 Å². The molecular formula is C31H31BrN4O4. The van der Waals surface area contributed by atoms with E-state index in [1.807, 2.05) is 19.1 Å². The number of piperazine rings is 1. The molecule has 3 aromatic rings. The number of carbonyl (C=O) groups is 2. The van der Waals surface area contributed by atoms with Gasteiger partial charge in [-0.3, -0.25) is 4.79 Å². The zero-order valence-corrected chi connectivity index (χ0v) is 24.3. The summed E-state index contributed by atoms with van der Waals surface area (Å²) in [5, 5.41) is 6.36. The van der Waals surface area contributed by atoms with Crippen LogP contribution in [0, 0.1) is 5.41 Å². The summed E-state index contributed by atoms with van der Waals surface area (Å²) in [6.45, 7) is 6.34. The third kappa shape index (κ3) is 4.23. The first-order valence-corrected chi connectivity index (χ1v) is 14.3. The monoisotopic (exact) mass is 602 g/mol. The van der Waals surface area contributed by atoms with Crippen molar-refractivity contribution < 1.29 is 19.1 Å². The molecule has 1 saturated heterocycles. The summed E-state index contributed by atoms with van der Waals surface area (Å²) in [6, 6.07) is 21.2. The molecule has 3 heterocycles. The number of methoxy groups -OCH3 is 1. The van der Waals surface area contributed by atoms with Crippen LogP contribution >= 0.6 is 15.9 Å². The normalized spacial score (nSPS) is 21.7. The number of nitrogens with zero attached hydrogens (tertiary/aromatic N) is 4. The van der Waals surface area contributed by atoms with Crippen LogP contribution in [0.4, 0.5) is 17.1 Å². The molecule has 3 aliphatic heterocycles. The quantitative estimate of drug-likeness (QED) is 0.369. The Bertz CT molecular complexity index is 1490. The second-order valence-electron chi connectivity index (χ2n) is 10.3. The molecule has 40 heavy (non-hydrogen) atoms. The molecule has 0 aromatic heterocycles. The number of fused-ring (bicyclic) bond motifs is 4. The lowest BCUT2D eigenvalue weighted by Crippen LogP contribution is -2.67. The van der Waals surface area contributed by atoms with E-state index in [9.17, 15) is 9.59 Å². The maximum atomic E-state index is 14.5. The Kier molecular flexibility index (Phi) is 6.78. The fourth-order valence-corrected chi connectivity index (χ4v) is 6.67. The molecule has 2 atom stereocenters. The van der Waals surface area contributed by atoms with E-state index in [0.29, 0.717) is 30.8 Å². The van der Waals surface area contributed by atoms with Crippen LogP contribution < -0.4 is 19.5 Å². The number of hydrogen-bond acceptors (Lipinski definition) is 7. The number of carbonyl (C=O) groups excluding carboxylic acids is 2. The number of ether oxygens (including phenoxy) is 2. The zero-order chi connectivity index (χ0) is 28.0. The van der Waals surface area contributed by atoms with E-state index in [-0.39, 0.29) is 17.9 Å². The van der Waals surface area contributed by atoms with Crippen LogP contribution in [-0.2, 0) is 16.0 Å². The van der Waals surface area contributed by atoms with Crippen LogP contribution in [0.1, 0.15) is 29.8 Å². The minimum atomic E-state index is -0.835. The van der Waals surface area contributed by atoms with E-state index in [2.05, 4.69) is 56.1 Å². The molecule has 6 rings (SSSR count). The van der Waals surface area contributed by atoms with Gasteiger partial charge in [0.15, 0.2) is 0 Å². The van der Waals surface area contributed by atoms with Crippen molar-refractivity contribution in [3.63, 3.8) is 0 Å². The molecule has 1 amide bonds. The van der Waals surface area contributed by atoms with Crippen LogP contribution in [0.3, 0.4) is 0 Å². The molecule has 0 unspecified atom stereocenters. The predicted molar refractivity (Wildman–Crippen MR) is 160 cm³/mol. The van der Waals surface area contributed by atoms with Crippen molar-refractivity contribution in [3.8, 4) is 5.75 Å². The standard InChI is InChI=1S/C31H31BrN4O4/c1-4-40-29(37)21-5-8-25(9-6-21)36-30(38)31(20(2)33-36)18-22-17-23(32)7-14-27(22)35-16-15-34(19-28(31)35)24-10-12-26(39-3)13-11-24/h5-14,17,28H,4,15-16,18-19H2,1-3H3/t28-,31+/m1/s1. The van der Waals surface area contributed by atoms with Crippen LogP contribution in [0.15, 0.2) is 76.3 Å². The first-order chi connectivity index (χ1) is 19.3. The summed E-state index contributed by atoms with van der Waals surface area (Å²) in [6.07, 6.45) is 0.560. The Balaban J connectivity index is 1.38. The molecular weight excluding hydrogens is 572 g/mol. The molecule has 9 heteroatoms. The zero-order valence-electron chi connectivity index (χ0n) is 22.8. The van der Waals surface area contributed by atoms with Crippen LogP contribution in [-0.4, -0.2) is 57.0 Å². The number of rotatable bonds is 5. The molecule has 0 aliphatic carbocycles. The number of benzene rings is 3. The SMILES string of the molecule is CCOC(=O)c1ccc(N2N=C(C)[C@]3(Cc4cc(Br)ccc4N4CCN(c5ccc(OC)cc5)C[C@@H]43)C2=O)cc1. The van der Waals surface area contributed by atoms with Gasteiger partial charge < -0.3 is 19.3 Å². The van der Waals surface area contributed by atoms with Gasteiger partial charge in [-0.1, -0.05) is 15.9 Å². The maximum Gasteiger partial charge on any atom is 0.338 e. The molecule has 3 aromatic carbocycles. The van der Waals surface area contributed by atoms with Crippen LogP contribution in [0.5, 0.6) is 5.75 Å². The van der Waals surface area contributed by atoms with Crippen molar-refractivity contribution in [1.29, 1.82) is 0 Å². The lowest BCUT2D eigenvalue weighted by atomic mass is 9.67. The number of amides is 1. The summed E-state index contributed by atoms with van der Waals surface area (Å²) >= 11 is 3.64. The maximum absolute atomic E-state index is 14.5. The average Bonchev–Trinajstić information content (AvgIpc) is 3.22. The second-order valence-corrected chi connectivity index (χ2v) is 11.3. The minimum Gasteiger partial charge on any atom is -0.497 e. The Hall–Kier alpha value is -3.85. The highest BCUT2D eigenvalue weighted by Crippen LogP contribution is 2.49. The number of anilines is 3. The summed E-state index contributed by atoms with van der Waals surface area (Å²) in [7, 11) is 1.67. The van der Waals surface area contributed by atoms with E-state index >= 15 is 0 Å². The van der Waals surface area contributed by atoms with Gasteiger partial charge in [0.1, 0.15) is 11.2 Å². The average molecular weight is 604 g/mol. The van der Waals surface area contributed by atoms with E-state index in [0.717, 1.165) is 40.3 Å². The highest BCUT2D eigenvalue weighted by molar-refractivity contribution is 9.10. The molecule has 0 radical (unpaired) electrons. The molecule has 0 bridgehead atoms. The van der Waals surface area contributed by atoms with E-state index in [4.69, 9.17) is 14.6 Å².